The largest absolute Gasteiger partial charge is 0.424 e. The Balaban J connectivity index is 1.87. The minimum absolute atomic E-state index is 0.299. The summed E-state index contributed by atoms with van der Waals surface area (Å²) in [5.74, 6) is 0.659. The number of fused-ring (bicyclic) bond motifs is 1. The van der Waals surface area contributed by atoms with E-state index in [1.165, 1.54) is 0 Å². The van der Waals surface area contributed by atoms with E-state index >= 15 is 0 Å². The van der Waals surface area contributed by atoms with Gasteiger partial charge in [0.15, 0.2) is 0 Å². The molecule has 3 rings (SSSR count). The van der Waals surface area contributed by atoms with Crippen molar-refractivity contribution in [2.45, 2.75) is 6.54 Å². The van der Waals surface area contributed by atoms with Crippen LogP contribution in [0.4, 0.5) is 0 Å². The minimum Gasteiger partial charge on any atom is -0.424 e. The number of nitrogens with two attached hydrogens (primary N) is 1. The summed E-state index contributed by atoms with van der Waals surface area (Å²) in [6, 6.07) is 9.87. The molecule has 0 aliphatic carbocycles. The molecular weight excluding hydrogens is 240 g/mol. The fourth-order valence-electron chi connectivity index (χ4n) is 1.72. The van der Waals surface area contributed by atoms with Crippen LogP contribution in [-0.4, -0.2) is 15.0 Å². The molecule has 0 spiro atoms. The average Bonchev–Trinajstić information content (AvgIpc) is 2.48. The summed E-state index contributed by atoms with van der Waals surface area (Å²) in [4.78, 5) is 12.5. The highest BCUT2D eigenvalue weighted by molar-refractivity contribution is 5.79. The molecule has 0 saturated carbocycles. The standard InChI is InChI=1S/C14H12N4O/c15-7-10-8-17-14(18-9-10)19-12-4-3-11-2-1-5-16-13(11)6-12/h1-6,8-9H,7,15H2. The van der Waals surface area contributed by atoms with Crippen LogP contribution in [0.3, 0.4) is 0 Å². The average molecular weight is 252 g/mol. The van der Waals surface area contributed by atoms with Crippen LogP contribution < -0.4 is 10.5 Å². The summed E-state index contributed by atoms with van der Waals surface area (Å²) in [7, 11) is 0. The van der Waals surface area contributed by atoms with Gasteiger partial charge in [-0.05, 0) is 18.2 Å². The van der Waals surface area contributed by atoms with Crippen molar-refractivity contribution in [2.75, 3.05) is 0 Å². The molecular formula is C14H12N4O. The Morgan fingerprint density at radius 3 is 2.68 bits per heavy atom. The number of rotatable bonds is 3. The molecule has 0 aliphatic heterocycles. The van der Waals surface area contributed by atoms with Crippen LogP contribution in [0.15, 0.2) is 48.9 Å². The van der Waals surface area contributed by atoms with Crippen LogP contribution >= 0.6 is 0 Å². The van der Waals surface area contributed by atoms with Crippen molar-refractivity contribution >= 4 is 10.9 Å². The van der Waals surface area contributed by atoms with E-state index in [1.54, 1.807) is 18.6 Å². The molecule has 0 saturated heterocycles. The van der Waals surface area contributed by atoms with E-state index in [0.717, 1.165) is 16.5 Å². The van der Waals surface area contributed by atoms with E-state index < -0.39 is 0 Å². The van der Waals surface area contributed by atoms with E-state index in [1.807, 2.05) is 30.3 Å². The minimum atomic E-state index is 0.299. The van der Waals surface area contributed by atoms with Gasteiger partial charge in [0.25, 0.3) is 0 Å². The van der Waals surface area contributed by atoms with Crippen molar-refractivity contribution < 1.29 is 4.74 Å². The molecule has 19 heavy (non-hydrogen) atoms. The topological polar surface area (TPSA) is 73.9 Å². The zero-order valence-electron chi connectivity index (χ0n) is 10.2. The Morgan fingerprint density at radius 2 is 1.89 bits per heavy atom. The van der Waals surface area contributed by atoms with Crippen molar-refractivity contribution in [3.05, 3.63) is 54.5 Å². The summed E-state index contributed by atoms with van der Waals surface area (Å²) in [6.45, 7) is 0.417. The fourth-order valence-corrected chi connectivity index (χ4v) is 1.72. The number of benzene rings is 1. The quantitative estimate of drug-likeness (QED) is 0.774. The van der Waals surface area contributed by atoms with Gasteiger partial charge < -0.3 is 10.5 Å². The number of ether oxygens (including phenoxy) is 1. The van der Waals surface area contributed by atoms with Gasteiger partial charge >= 0.3 is 6.01 Å². The van der Waals surface area contributed by atoms with Crippen LogP contribution in [0.25, 0.3) is 10.9 Å². The van der Waals surface area contributed by atoms with Gasteiger partial charge in [-0.2, -0.15) is 0 Å². The predicted molar refractivity (Wildman–Crippen MR) is 71.7 cm³/mol. The SMILES string of the molecule is NCc1cnc(Oc2ccc3cccnc3c2)nc1. The first-order valence-corrected chi connectivity index (χ1v) is 5.89. The van der Waals surface area contributed by atoms with Crippen LogP contribution in [0.1, 0.15) is 5.56 Å². The smallest absolute Gasteiger partial charge is 0.321 e. The van der Waals surface area contributed by atoms with Crippen molar-refractivity contribution in [3.63, 3.8) is 0 Å². The number of nitrogens with zero attached hydrogens (tertiary/aromatic N) is 3. The molecule has 0 fully saturated rings. The van der Waals surface area contributed by atoms with Gasteiger partial charge in [-0.1, -0.05) is 6.07 Å². The van der Waals surface area contributed by atoms with Gasteiger partial charge in [0.1, 0.15) is 5.75 Å². The molecule has 5 heteroatoms. The van der Waals surface area contributed by atoms with Crippen molar-refractivity contribution in [1.82, 2.24) is 15.0 Å². The highest BCUT2D eigenvalue weighted by Crippen LogP contribution is 2.22. The molecule has 2 aromatic heterocycles. The molecule has 2 N–H and O–H groups in total. The maximum atomic E-state index is 5.58. The Kier molecular flexibility index (Phi) is 3.04. The zero-order valence-corrected chi connectivity index (χ0v) is 10.2. The van der Waals surface area contributed by atoms with Crippen LogP contribution in [0, 0.1) is 0 Å². The summed E-state index contributed by atoms with van der Waals surface area (Å²) >= 11 is 0. The predicted octanol–water partition coefficient (Wildman–Crippen LogP) is 2.28. The molecule has 0 bridgehead atoms. The van der Waals surface area contributed by atoms with Crippen molar-refractivity contribution in [2.24, 2.45) is 5.73 Å². The third-order valence-corrected chi connectivity index (χ3v) is 2.70. The van der Waals surface area contributed by atoms with E-state index in [-0.39, 0.29) is 0 Å². The zero-order chi connectivity index (χ0) is 13.1. The van der Waals surface area contributed by atoms with E-state index in [4.69, 9.17) is 10.5 Å². The second-order valence-corrected chi connectivity index (χ2v) is 4.04. The lowest BCUT2D eigenvalue weighted by atomic mass is 10.2. The number of hydrogen-bond donors (Lipinski definition) is 1. The highest BCUT2D eigenvalue weighted by Gasteiger charge is 2.02. The van der Waals surface area contributed by atoms with Gasteiger partial charge in [-0.3, -0.25) is 4.98 Å². The van der Waals surface area contributed by atoms with Gasteiger partial charge in [0.05, 0.1) is 5.52 Å². The van der Waals surface area contributed by atoms with E-state index in [9.17, 15) is 0 Å². The number of aromatic nitrogens is 3. The van der Waals surface area contributed by atoms with Crippen LogP contribution in [0.2, 0.25) is 0 Å². The molecule has 0 amide bonds. The second kappa shape index (κ2) is 4.99. The lowest BCUT2D eigenvalue weighted by Gasteiger charge is -2.05. The van der Waals surface area contributed by atoms with E-state index in [2.05, 4.69) is 15.0 Å². The molecule has 94 valence electrons. The number of pyridine rings is 1. The van der Waals surface area contributed by atoms with Crippen LogP contribution in [0.5, 0.6) is 11.8 Å². The maximum absolute atomic E-state index is 5.58. The second-order valence-electron chi connectivity index (χ2n) is 4.04. The molecule has 0 atom stereocenters. The monoisotopic (exact) mass is 252 g/mol. The Labute approximate surface area is 110 Å². The summed E-state index contributed by atoms with van der Waals surface area (Å²) in [6.07, 6.45) is 5.06. The molecule has 1 aromatic carbocycles. The van der Waals surface area contributed by atoms with Gasteiger partial charge in [0.2, 0.25) is 0 Å². The summed E-state index contributed by atoms with van der Waals surface area (Å²) in [5.41, 5.74) is 7.23. The van der Waals surface area contributed by atoms with Crippen molar-refractivity contribution in [3.8, 4) is 11.8 Å². The van der Waals surface area contributed by atoms with E-state index in [0.29, 0.717) is 18.3 Å². The van der Waals surface area contributed by atoms with Gasteiger partial charge in [-0.15, -0.1) is 0 Å². The first-order valence-electron chi connectivity index (χ1n) is 5.89. The third kappa shape index (κ3) is 2.51. The Morgan fingerprint density at radius 1 is 1.05 bits per heavy atom. The third-order valence-electron chi connectivity index (χ3n) is 2.70. The molecule has 2 heterocycles. The fraction of sp³-hybridized carbons (Fsp3) is 0.0714. The number of hydrogen-bond acceptors (Lipinski definition) is 5. The molecule has 5 nitrogen and oxygen atoms in total. The van der Waals surface area contributed by atoms with Gasteiger partial charge in [-0.25, -0.2) is 9.97 Å². The first-order chi connectivity index (χ1) is 9.35. The Bertz CT molecular complexity index is 697. The van der Waals surface area contributed by atoms with Crippen LogP contribution in [-0.2, 0) is 6.54 Å². The highest BCUT2D eigenvalue weighted by atomic mass is 16.5. The van der Waals surface area contributed by atoms with Gasteiger partial charge in [0, 0.05) is 42.2 Å². The first kappa shape index (κ1) is 11.6. The Hall–Kier alpha value is -2.53. The van der Waals surface area contributed by atoms with Crippen molar-refractivity contribution in [1.29, 1.82) is 0 Å². The summed E-state index contributed by atoms with van der Waals surface area (Å²) in [5, 5.41) is 1.06. The lowest BCUT2D eigenvalue weighted by Crippen LogP contribution is -1.99. The lowest BCUT2D eigenvalue weighted by molar-refractivity contribution is 0.441. The molecule has 0 unspecified atom stereocenters. The normalized spacial score (nSPS) is 10.6. The molecule has 0 aliphatic rings. The maximum Gasteiger partial charge on any atom is 0.321 e. The summed E-state index contributed by atoms with van der Waals surface area (Å²) < 4.78 is 5.58. The molecule has 0 radical (unpaired) electrons. The molecule has 3 aromatic rings.